The van der Waals surface area contributed by atoms with E-state index in [1.54, 1.807) is 6.07 Å². The van der Waals surface area contributed by atoms with Crippen LogP contribution >= 0.6 is 22.6 Å². The number of nitrogens with zero attached hydrogens (tertiary/aromatic N) is 1. The van der Waals surface area contributed by atoms with Crippen LogP contribution in [0.5, 0.6) is 0 Å². The molecule has 2 nitrogen and oxygen atoms in total. The lowest BCUT2D eigenvalue weighted by atomic mass is 9.83. The Morgan fingerprint density at radius 2 is 2.15 bits per heavy atom. The van der Waals surface area contributed by atoms with Crippen molar-refractivity contribution >= 4 is 22.6 Å². The van der Waals surface area contributed by atoms with Gasteiger partial charge in [-0.05, 0) is 65.5 Å². The molecular weight excluding hydrogens is 361 g/mol. The molecular formula is C17H18INO. The first-order valence-electron chi connectivity index (χ1n) is 7.09. The topological polar surface area (TPSA) is 22.0 Å². The summed E-state index contributed by atoms with van der Waals surface area (Å²) in [4.78, 5) is 12.1. The zero-order chi connectivity index (χ0) is 14.1. The highest BCUT2D eigenvalue weighted by Crippen LogP contribution is 2.32. The van der Waals surface area contributed by atoms with E-state index in [4.69, 9.17) is 0 Å². The van der Waals surface area contributed by atoms with Crippen molar-refractivity contribution in [2.45, 2.75) is 38.6 Å². The van der Waals surface area contributed by atoms with Crippen LogP contribution in [0.4, 0.5) is 0 Å². The van der Waals surface area contributed by atoms with Crippen LogP contribution in [-0.2, 0) is 13.0 Å². The van der Waals surface area contributed by atoms with Crippen molar-refractivity contribution in [2.75, 3.05) is 0 Å². The average Bonchev–Trinajstić information content (AvgIpc) is 2.45. The second kappa shape index (κ2) is 5.72. The van der Waals surface area contributed by atoms with E-state index in [2.05, 4.69) is 46.9 Å². The average molecular weight is 379 g/mol. The van der Waals surface area contributed by atoms with Crippen LogP contribution in [0.1, 0.15) is 35.4 Å². The van der Waals surface area contributed by atoms with Gasteiger partial charge in [-0.15, -0.1) is 0 Å². The van der Waals surface area contributed by atoms with Gasteiger partial charge in [0.1, 0.15) is 0 Å². The largest absolute Gasteiger partial charge is 0.314 e. The first-order chi connectivity index (χ1) is 9.65. The van der Waals surface area contributed by atoms with Crippen LogP contribution in [0.15, 0.2) is 41.3 Å². The molecule has 0 radical (unpaired) electrons. The summed E-state index contributed by atoms with van der Waals surface area (Å²) < 4.78 is 3.04. The Bertz CT molecular complexity index is 690. The number of hydrogen-bond donors (Lipinski definition) is 0. The Labute approximate surface area is 133 Å². The molecule has 0 N–H and O–H groups in total. The van der Waals surface area contributed by atoms with Crippen molar-refractivity contribution in [1.29, 1.82) is 0 Å². The van der Waals surface area contributed by atoms with E-state index in [1.165, 1.54) is 30.4 Å². The fraction of sp³-hybridized carbons (Fsp3) is 0.353. The smallest absolute Gasteiger partial charge is 0.250 e. The molecule has 0 bridgehead atoms. The van der Waals surface area contributed by atoms with E-state index >= 15 is 0 Å². The highest BCUT2D eigenvalue weighted by atomic mass is 127. The standard InChI is InChI=1S/C17H18INO/c1-12-9-17(20)19(11-16(12)18)10-14-7-4-6-13-5-2-3-8-15(13)14/h2-3,5,8-9,11,14H,4,6-7,10H2,1H3. The summed E-state index contributed by atoms with van der Waals surface area (Å²) in [5, 5.41) is 0. The van der Waals surface area contributed by atoms with Gasteiger partial charge in [-0.25, -0.2) is 0 Å². The van der Waals surface area contributed by atoms with Gasteiger partial charge in [0.15, 0.2) is 0 Å². The monoisotopic (exact) mass is 379 g/mol. The minimum absolute atomic E-state index is 0.117. The second-order valence-electron chi connectivity index (χ2n) is 5.58. The molecule has 1 aliphatic rings. The molecule has 0 saturated heterocycles. The normalized spacial score (nSPS) is 17.8. The van der Waals surface area contributed by atoms with E-state index in [1.807, 2.05) is 17.7 Å². The molecule has 1 heterocycles. The minimum Gasteiger partial charge on any atom is -0.314 e. The number of halogens is 1. The zero-order valence-electron chi connectivity index (χ0n) is 11.6. The molecule has 1 aromatic heterocycles. The molecule has 0 saturated carbocycles. The summed E-state index contributed by atoms with van der Waals surface area (Å²) in [5.41, 5.74) is 4.07. The number of aromatic nitrogens is 1. The number of hydrogen-bond acceptors (Lipinski definition) is 1. The highest BCUT2D eigenvalue weighted by molar-refractivity contribution is 14.1. The van der Waals surface area contributed by atoms with Crippen molar-refractivity contribution in [3.63, 3.8) is 0 Å². The summed E-state index contributed by atoms with van der Waals surface area (Å²) >= 11 is 2.30. The van der Waals surface area contributed by atoms with Gasteiger partial charge in [0, 0.05) is 28.3 Å². The fourth-order valence-electron chi connectivity index (χ4n) is 3.06. The van der Waals surface area contributed by atoms with Crippen LogP contribution < -0.4 is 5.56 Å². The molecule has 20 heavy (non-hydrogen) atoms. The van der Waals surface area contributed by atoms with Crippen molar-refractivity contribution < 1.29 is 0 Å². The third-order valence-electron chi connectivity index (χ3n) is 4.18. The van der Waals surface area contributed by atoms with Gasteiger partial charge in [-0.3, -0.25) is 4.79 Å². The van der Waals surface area contributed by atoms with Crippen molar-refractivity contribution in [3.05, 3.63) is 67.1 Å². The highest BCUT2D eigenvalue weighted by Gasteiger charge is 2.20. The van der Waals surface area contributed by atoms with Gasteiger partial charge in [-0.1, -0.05) is 24.3 Å². The minimum atomic E-state index is 0.117. The van der Waals surface area contributed by atoms with Gasteiger partial charge in [0.25, 0.3) is 5.56 Å². The van der Waals surface area contributed by atoms with Gasteiger partial charge < -0.3 is 4.57 Å². The molecule has 1 atom stereocenters. The molecule has 0 aliphatic heterocycles. The molecule has 3 heteroatoms. The van der Waals surface area contributed by atoms with Crippen LogP contribution in [-0.4, -0.2) is 4.57 Å². The van der Waals surface area contributed by atoms with E-state index < -0.39 is 0 Å². The molecule has 0 amide bonds. The van der Waals surface area contributed by atoms with Crippen molar-refractivity contribution in [3.8, 4) is 0 Å². The summed E-state index contributed by atoms with van der Waals surface area (Å²) in [6.45, 7) is 2.79. The third-order valence-corrected chi connectivity index (χ3v) is 5.31. The van der Waals surface area contributed by atoms with Gasteiger partial charge in [0.05, 0.1) is 0 Å². The number of fused-ring (bicyclic) bond motifs is 1. The molecule has 1 aromatic carbocycles. The number of benzene rings is 1. The molecule has 1 aliphatic carbocycles. The number of pyridine rings is 1. The quantitative estimate of drug-likeness (QED) is 0.726. The Morgan fingerprint density at radius 3 is 3.00 bits per heavy atom. The Kier molecular flexibility index (Phi) is 3.96. The lowest BCUT2D eigenvalue weighted by molar-refractivity contribution is 0.475. The molecule has 104 valence electrons. The predicted octanol–water partition coefficient (Wildman–Crippen LogP) is 3.88. The van der Waals surface area contributed by atoms with Crippen molar-refractivity contribution in [1.82, 2.24) is 4.57 Å². The van der Waals surface area contributed by atoms with Gasteiger partial charge >= 0.3 is 0 Å². The summed E-state index contributed by atoms with van der Waals surface area (Å²) in [5.74, 6) is 0.469. The van der Waals surface area contributed by atoms with E-state index in [9.17, 15) is 4.79 Å². The van der Waals surface area contributed by atoms with E-state index in [0.29, 0.717) is 5.92 Å². The lowest BCUT2D eigenvalue weighted by Gasteiger charge is -2.26. The SMILES string of the molecule is Cc1cc(=O)n(CC2CCCc3ccccc32)cc1I. The molecule has 3 rings (SSSR count). The Balaban J connectivity index is 1.93. The number of rotatable bonds is 2. The summed E-state index contributed by atoms with van der Waals surface area (Å²) in [7, 11) is 0. The second-order valence-corrected chi connectivity index (χ2v) is 6.75. The first-order valence-corrected chi connectivity index (χ1v) is 8.17. The Morgan fingerprint density at radius 1 is 1.35 bits per heavy atom. The number of aryl methyl sites for hydroxylation is 2. The first kappa shape index (κ1) is 13.9. The molecule has 0 fully saturated rings. The van der Waals surface area contributed by atoms with Gasteiger partial charge in [0.2, 0.25) is 0 Å². The Hall–Kier alpha value is -1.10. The summed E-state index contributed by atoms with van der Waals surface area (Å²) in [6.07, 6.45) is 5.57. The predicted molar refractivity (Wildman–Crippen MR) is 90.3 cm³/mol. The van der Waals surface area contributed by atoms with Crippen LogP contribution in [0.25, 0.3) is 0 Å². The van der Waals surface area contributed by atoms with Gasteiger partial charge in [-0.2, -0.15) is 0 Å². The van der Waals surface area contributed by atoms with E-state index in [-0.39, 0.29) is 5.56 Å². The molecule has 0 spiro atoms. The van der Waals surface area contributed by atoms with Crippen LogP contribution in [0.3, 0.4) is 0 Å². The maximum absolute atomic E-state index is 12.1. The maximum atomic E-state index is 12.1. The zero-order valence-corrected chi connectivity index (χ0v) is 13.8. The van der Waals surface area contributed by atoms with Crippen LogP contribution in [0.2, 0.25) is 0 Å². The maximum Gasteiger partial charge on any atom is 0.250 e. The molecule has 2 aromatic rings. The lowest BCUT2D eigenvalue weighted by Crippen LogP contribution is -2.25. The fourth-order valence-corrected chi connectivity index (χ4v) is 3.56. The van der Waals surface area contributed by atoms with E-state index in [0.717, 1.165) is 15.7 Å². The summed E-state index contributed by atoms with van der Waals surface area (Å²) in [6, 6.07) is 10.4. The van der Waals surface area contributed by atoms with Crippen LogP contribution in [0, 0.1) is 10.5 Å². The molecule has 1 unspecified atom stereocenters. The third kappa shape index (κ3) is 2.68. The van der Waals surface area contributed by atoms with Crippen molar-refractivity contribution in [2.24, 2.45) is 0 Å².